The van der Waals surface area contributed by atoms with Crippen LogP contribution in [-0.4, -0.2) is 14.8 Å². The number of hydrogen-bond donors (Lipinski definition) is 0. The zero-order valence-electron chi connectivity index (χ0n) is 8.49. The molecule has 0 atom stereocenters. The van der Waals surface area contributed by atoms with Crippen LogP contribution in [0.3, 0.4) is 0 Å². The highest BCUT2D eigenvalue weighted by atomic mass is 35.5. The third kappa shape index (κ3) is 1.92. The van der Waals surface area contributed by atoms with E-state index in [1.165, 1.54) is 32.1 Å². The van der Waals surface area contributed by atoms with Crippen LogP contribution >= 0.6 is 11.6 Å². The van der Waals surface area contributed by atoms with Gasteiger partial charge in [0.05, 0.1) is 0 Å². The van der Waals surface area contributed by atoms with Crippen molar-refractivity contribution in [3.05, 3.63) is 11.6 Å². The van der Waals surface area contributed by atoms with E-state index in [-0.39, 0.29) is 0 Å². The summed E-state index contributed by atoms with van der Waals surface area (Å²) >= 11 is 5.93. The average Bonchev–Trinajstić information content (AvgIpc) is 2.65. The Labute approximate surface area is 89.5 Å². The number of hydrogen-bond acceptors (Lipinski definition) is 2. The third-order valence-corrected chi connectivity index (χ3v) is 3.59. The summed E-state index contributed by atoms with van der Waals surface area (Å²) in [6.07, 6.45) is 8.12. The lowest BCUT2D eigenvalue weighted by atomic mass is 9.84. The summed E-state index contributed by atoms with van der Waals surface area (Å²) in [6, 6.07) is 0.528. The summed E-state index contributed by atoms with van der Waals surface area (Å²) in [4.78, 5) is 0. The second-order valence-corrected chi connectivity index (χ2v) is 4.43. The van der Waals surface area contributed by atoms with Gasteiger partial charge in [-0.25, -0.2) is 0 Å². The molecule has 1 fully saturated rings. The first-order valence-electron chi connectivity index (χ1n) is 5.36. The summed E-state index contributed by atoms with van der Waals surface area (Å²) < 4.78 is 2.01. The van der Waals surface area contributed by atoms with E-state index in [9.17, 15) is 0 Å². The van der Waals surface area contributed by atoms with E-state index in [1.54, 1.807) is 6.33 Å². The lowest BCUT2D eigenvalue weighted by Gasteiger charge is -2.28. The van der Waals surface area contributed by atoms with Crippen molar-refractivity contribution in [3.8, 4) is 0 Å². The number of aromatic nitrogens is 3. The van der Waals surface area contributed by atoms with Crippen LogP contribution in [0.25, 0.3) is 0 Å². The minimum absolute atomic E-state index is 0.528. The predicted molar refractivity (Wildman–Crippen MR) is 56.3 cm³/mol. The van der Waals surface area contributed by atoms with Crippen LogP contribution in [0.15, 0.2) is 6.33 Å². The van der Waals surface area contributed by atoms with Gasteiger partial charge in [0.15, 0.2) is 0 Å². The highest BCUT2D eigenvalue weighted by Crippen LogP contribution is 2.34. The SMILES string of the molecule is CCC1CCC(n2cnnc2Cl)CC1. The fourth-order valence-corrected chi connectivity index (χ4v) is 2.53. The molecule has 1 aliphatic carbocycles. The Hall–Kier alpha value is -0.570. The maximum absolute atomic E-state index is 5.93. The van der Waals surface area contributed by atoms with Crippen molar-refractivity contribution >= 4 is 11.6 Å². The second kappa shape index (κ2) is 4.30. The Morgan fingerprint density at radius 1 is 1.43 bits per heavy atom. The number of rotatable bonds is 2. The first-order valence-corrected chi connectivity index (χ1v) is 5.74. The Morgan fingerprint density at radius 3 is 2.64 bits per heavy atom. The predicted octanol–water partition coefficient (Wildman–Crippen LogP) is 3.07. The molecule has 0 N–H and O–H groups in total. The molecule has 78 valence electrons. The fourth-order valence-electron chi connectivity index (χ4n) is 2.30. The van der Waals surface area contributed by atoms with Crippen molar-refractivity contribution in [1.82, 2.24) is 14.8 Å². The normalized spacial score (nSPS) is 27.9. The maximum Gasteiger partial charge on any atom is 0.225 e. The molecule has 0 aromatic carbocycles. The molecule has 4 heteroatoms. The van der Waals surface area contributed by atoms with Gasteiger partial charge in [0, 0.05) is 6.04 Å². The van der Waals surface area contributed by atoms with Crippen LogP contribution in [0.1, 0.15) is 45.1 Å². The Morgan fingerprint density at radius 2 is 2.14 bits per heavy atom. The van der Waals surface area contributed by atoms with Gasteiger partial charge >= 0.3 is 0 Å². The molecule has 0 unspecified atom stereocenters. The molecule has 14 heavy (non-hydrogen) atoms. The van der Waals surface area contributed by atoms with Crippen molar-refractivity contribution in [2.45, 2.75) is 45.1 Å². The Balaban J connectivity index is 1.99. The first kappa shape index (κ1) is 9.97. The van der Waals surface area contributed by atoms with E-state index >= 15 is 0 Å². The van der Waals surface area contributed by atoms with Gasteiger partial charge in [0.25, 0.3) is 0 Å². The monoisotopic (exact) mass is 213 g/mol. The summed E-state index contributed by atoms with van der Waals surface area (Å²) in [6.45, 7) is 2.27. The molecule has 0 amide bonds. The highest BCUT2D eigenvalue weighted by molar-refractivity contribution is 6.28. The van der Waals surface area contributed by atoms with Crippen LogP contribution < -0.4 is 0 Å². The molecule has 0 saturated heterocycles. The van der Waals surface area contributed by atoms with Gasteiger partial charge in [-0.3, -0.25) is 0 Å². The fraction of sp³-hybridized carbons (Fsp3) is 0.800. The lowest BCUT2D eigenvalue weighted by Crippen LogP contribution is -2.17. The molecule has 1 heterocycles. The van der Waals surface area contributed by atoms with Gasteiger partial charge in [-0.2, -0.15) is 0 Å². The van der Waals surface area contributed by atoms with Gasteiger partial charge in [-0.05, 0) is 43.2 Å². The quantitative estimate of drug-likeness (QED) is 0.756. The van der Waals surface area contributed by atoms with Crippen LogP contribution in [-0.2, 0) is 0 Å². The third-order valence-electron chi connectivity index (χ3n) is 3.32. The van der Waals surface area contributed by atoms with Crippen LogP contribution in [0.2, 0.25) is 5.28 Å². The van der Waals surface area contributed by atoms with E-state index in [0.717, 1.165) is 5.92 Å². The van der Waals surface area contributed by atoms with Gasteiger partial charge in [-0.15, -0.1) is 10.2 Å². The van der Waals surface area contributed by atoms with Crippen molar-refractivity contribution in [3.63, 3.8) is 0 Å². The molecule has 1 aliphatic rings. The van der Waals surface area contributed by atoms with Crippen LogP contribution in [0, 0.1) is 5.92 Å². The molecule has 0 radical (unpaired) electrons. The topological polar surface area (TPSA) is 30.7 Å². The van der Waals surface area contributed by atoms with E-state index in [4.69, 9.17) is 11.6 Å². The van der Waals surface area contributed by atoms with E-state index in [2.05, 4.69) is 17.1 Å². The Bertz CT molecular complexity index is 289. The molecule has 0 bridgehead atoms. The van der Waals surface area contributed by atoms with Crippen molar-refractivity contribution in [2.75, 3.05) is 0 Å². The van der Waals surface area contributed by atoms with Crippen molar-refractivity contribution in [1.29, 1.82) is 0 Å². The summed E-state index contributed by atoms with van der Waals surface area (Å²) in [7, 11) is 0. The molecule has 2 rings (SSSR count). The molecule has 1 aromatic heterocycles. The van der Waals surface area contributed by atoms with Crippen molar-refractivity contribution < 1.29 is 0 Å². The van der Waals surface area contributed by atoms with Gasteiger partial charge < -0.3 is 4.57 Å². The smallest absolute Gasteiger partial charge is 0.225 e. The van der Waals surface area contributed by atoms with E-state index in [0.29, 0.717) is 11.3 Å². The maximum atomic E-state index is 5.93. The van der Waals surface area contributed by atoms with Crippen molar-refractivity contribution in [2.24, 2.45) is 5.92 Å². The molecular weight excluding hydrogens is 198 g/mol. The standard InChI is InChI=1S/C10H16ClN3/c1-2-8-3-5-9(6-4-8)14-7-12-13-10(14)11/h7-9H,2-6H2,1H3. The van der Waals surface area contributed by atoms with Gasteiger partial charge in [-0.1, -0.05) is 13.3 Å². The molecule has 0 spiro atoms. The van der Waals surface area contributed by atoms with Crippen LogP contribution in [0.4, 0.5) is 0 Å². The van der Waals surface area contributed by atoms with E-state index in [1.807, 2.05) is 4.57 Å². The minimum atomic E-state index is 0.528. The second-order valence-electron chi connectivity index (χ2n) is 4.09. The van der Waals surface area contributed by atoms with Gasteiger partial charge in [0.2, 0.25) is 5.28 Å². The molecular formula is C10H16ClN3. The van der Waals surface area contributed by atoms with Crippen LogP contribution in [0.5, 0.6) is 0 Å². The summed E-state index contributed by atoms with van der Waals surface area (Å²) in [5.41, 5.74) is 0. The minimum Gasteiger partial charge on any atom is -0.301 e. The Kier molecular flexibility index (Phi) is 3.06. The average molecular weight is 214 g/mol. The van der Waals surface area contributed by atoms with Gasteiger partial charge in [0.1, 0.15) is 6.33 Å². The largest absolute Gasteiger partial charge is 0.301 e. The highest BCUT2D eigenvalue weighted by Gasteiger charge is 2.22. The zero-order chi connectivity index (χ0) is 9.97. The molecule has 1 saturated carbocycles. The molecule has 0 aliphatic heterocycles. The summed E-state index contributed by atoms with van der Waals surface area (Å²) in [5.74, 6) is 0.918. The lowest BCUT2D eigenvalue weighted by molar-refractivity contribution is 0.269. The number of halogens is 1. The number of nitrogens with zero attached hydrogens (tertiary/aromatic N) is 3. The molecule has 1 aromatic rings. The summed E-state index contributed by atoms with van der Waals surface area (Å²) in [5, 5.41) is 8.16. The first-order chi connectivity index (χ1) is 6.81. The zero-order valence-corrected chi connectivity index (χ0v) is 9.24. The molecule has 3 nitrogen and oxygen atoms in total. The van der Waals surface area contributed by atoms with E-state index < -0.39 is 0 Å².